The van der Waals surface area contributed by atoms with E-state index in [-0.39, 0.29) is 23.9 Å². The SMILES string of the molecule is Cc1ccc(S(=O)(=O)N2CCNC(=O)C2c2ccc(Cl)cc2)c(C)c1. The van der Waals surface area contributed by atoms with Gasteiger partial charge in [-0.05, 0) is 43.2 Å². The first-order valence-electron chi connectivity index (χ1n) is 7.93. The summed E-state index contributed by atoms with van der Waals surface area (Å²) in [6.45, 7) is 4.18. The second kappa shape index (κ2) is 6.78. The van der Waals surface area contributed by atoms with Crippen molar-refractivity contribution in [1.29, 1.82) is 0 Å². The summed E-state index contributed by atoms with van der Waals surface area (Å²) in [5.74, 6) is -0.332. The third-order valence-electron chi connectivity index (χ3n) is 4.27. The number of piperazine rings is 1. The molecule has 1 atom stereocenters. The molecule has 3 rings (SSSR count). The highest BCUT2D eigenvalue weighted by Gasteiger charge is 2.39. The van der Waals surface area contributed by atoms with Crippen LogP contribution in [0.3, 0.4) is 0 Å². The maximum atomic E-state index is 13.2. The minimum atomic E-state index is -3.81. The minimum absolute atomic E-state index is 0.217. The van der Waals surface area contributed by atoms with Crippen molar-refractivity contribution < 1.29 is 13.2 Å². The van der Waals surface area contributed by atoms with Crippen molar-refractivity contribution in [3.8, 4) is 0 Å². The number of aryl methyl sites for hydroxylation is 2. The Morgan fingerprint density at radius 1 is 1.12 bits per heavy atom. The zero-order valence-corrected chi connectivity index (χ0v) is 15.6. The van der Waals surface area contributed by atoms with Crippen molar-refractivity contribution in [3.05, 3.63) is 64.2 Å². The zero-order chi connectivity index (χ0) is 18.2. The van der Waals surface area contributed by atoms with E-state index in [1.54, 1.807) is 43.3 Å². The van der Waals surface area contributed by atoms with E-state index < -0.39 is 16.1 Å². The Labute approximate surface area is 152 Å². The summed E-state index contributed by atoms with van der Waals surface area (Å²) in [7, 11) is -3.81. The lowest BCUT2D eigenvalue weighted by Crippen LogP contribution is -2.52. The molecule has 7 heteroatoms. The van der Waals surface area contributed by atoms with Gasteiger partial charge in [-0.25, -0.2) is 8.42 Å². The molecule has 0 radical (unpaired) electrons. The van der Waals surface area contributed by atoms with Crippen molar-refractivity contribution in [1.82, 2.24) is 9.62 Å². The fraction of sp³-hybridized carbons (Fsp3) is 0.278. The van der Waals surface area contributed by atoms with Crippen LogP contribution in [0.15, 0.2) is 47.4 Å². The van der Waals surface area contributed by atoms with E-state index in [1.165, 1.54) is 4.31 Å². The van der Waals surface area contributed by atoms with Crippen LogP contribution < -0.4 is 5.32 Å². The number of amides is 1. The molecule has 0 saturated carbocycles. The molecule has 2 aromatic rings. The summed E-state index contributed by atoms with van der Waals surface area (Å²) >= 11 is 5.91. The average molecular weight is 379 g/mol. The smallest absolute Gasteiger partial charge is 0.244 e. The molecule has 1 N–H and O–H groups in total. The van der Waals surface area contributed by atoms with Crippen LogP contribution in [0, 0.1) is 13.8 Å². The fourth-order valence-electron chi connectivity index (χ4n) is 3.08. The van der Waals surface area contributed by atoms with Crippen LogP contribution >= 0.6 is 11.6 Å². The molecule has 1 fully saturated rings. The number of nitrogens with zero attached hydrogens (tertiary/aromatic N) is 1. The first-order chi connectivity index (χ1) is 11.8. The number of nitrogens with one attached hydrogen (secondary N) is 1. The van der Waals surface area contributed by atoms with Gasteiger partial charge >= 0.3 is 0 Å². The van der Waals surface area contributed by atoms with Crippen molar-refractivity contribution >= 4 is 27.5 Å². The quantitative estimate of drug-likeness (QED) is 0.893. The number of carbonyl (C=O) groups excluding carboxylic acids is 1. The van der Waals surface area contributed by atoms with E-state index in [1.807, 2.05) is 13.0 Å². The van der Waals surface area contributed by atoms with Crippen LogP contribution in [0.2, 0.25) is 5.02 Å². The van der Waals surface area contributed by atoms with Crippen molar-refractivity contribution in [3.63, 3.8) is 0 Å². The van der Waals surface area contributed by atoms with Crippen LogP contribution in [0.5, 0.6) is 0 Å². The molecule has 132 valence electrons. The predicted octanol–water partition coefficient (Wildman–Crippen LogP) is 2.82. The molecule has 0 spiro atoms. The van der Waals surface area contributed by atoms with Crippen LogP contribution in [0.4, 0.5) is 0 Å². The Kier molecular flexibility index (Phi) is 4.86. The van der Waals surface area contributed by atoms with Crippen LogP contribution in [-0.4, -0.2) is 31.7 Å². The Bertz CT molecular complexity index is 910. The highest BCUT2D eigenvalue weighted by Crippen LogP contribution is 2.31. The van der Waals surface area contributed by atoms with E-state index >= 15 is 0 Å². The van der Waals surface area contributed by atoms with Gasteiger partial charge < -0.3 is 5.32 Å². The maximum Gasteiger partial charge on any atom is 0.244 e. The summed E-state index contributed by atoms with van der Waals surface area (Å²) in [6, 6.07) is 11.0. The van der Waals surface area contributed by atoms with E-state index in [9.17, 15) is 13.2 Å². The Balaban J connectivity index is 2.08. The minimum Gasteiger partial charge on any atom is -0.353 e. The molecule has 1 aliphatic heterocycles. The van der Waals surface area contributed by atoms with E-state index in [0.717, 1.165) is 5.56 Å². The van der Waals surface area contributed by atoms with Gasteiger partial charge in [-0.3, -0.25) is 4.79 Å². The molecule has 0 bridgehead atoms. The lowest BCUT2D eigenvalue weighted by Gasteiger charge is -2.34. The van der Waals surface area contributed by atoms with Gasteiger partial charge in [0.15, 0.2) is 0 Å². The van der Waals surface area contributed by atoms with Crippen molar-refractivity contribution in [2.45, 2.75) is 24.8 Å². The molecule has 0 aliphatic carbocycles. The van der Waals surface area contributed by atoms with Gasteiger partial charge in [-0.2, -0.15) is 4.31 Å². The maximum absolute atomic E-state index is 13.2. The largest absolute Gasteiger partial charge is 0.353 e. The third kappa shape index (κ3) is 3.42. The van der Waals surface area contributed by atoms with Gasteiger partial charge in [-0.1, -0.05) is 41.4 Å². The number of hydrogen-bond donors (Lipinski definition) is 1. The number of halogens is 1. The monoisotopic (exact) mass is 378 g/mol. The van der Waals surface area contributed by atoms with Gasteiger partial charge in [0.2, 0.25) is 15.9 Å². The third-order valence-corrected chi connectivity index (χ3v) is 6.55. The molecule has 1 aliphatic rings. The molecule has 1 amide bonds. The summed E-state index contributed by atoms with van der Waals surface area (Å²) < 4.78 is 27.7. The Morgan fingerprint density at radius 3 is 2.44 bits per heavy atom. The van der Waals surface area contributed by atoms with Gasteiger partial charge in [0.1, 0.15) is 6.04 Å². The highest BCUT2D eigenvalue weighted by molar-refractivity contribution is 7.89. The second-order valence-corrected chi connectivity index (χ2v) is 8.43. The first-order valence-corrected chi connectivity index (χ1v) is 9.75. The average Bonchev–Trinajstić information content (AvgIpc) is 2.55. The molecular formula is C18H19ClN2O3S. The number of hydrogen-bond acceptors (Lipinski definition) is 3. The van der Waals surface area contributed by atoms with E-state index in [0.29, 0.717) is 16.1 Å². The normalized spacial score (nSPS) is 18.8. The number of carbonyl (C=O) groups is 1. The second-order valence-electron chi connectivity index (χ2n) is 6.13. The molecular weight excluding hydrogens is 360 g/mol. The van der Waals surface area contributed by atoms with E-state index in [4.69, 9.17) is 11.6 Å². The fourth-order valence-corrected chi connectivity index (χ4v) is 4.99. The molecule has 5 nitrogen and oxygen atoms in total. The summed E-state index contributed by atoms with van der Waals surface area (Å²) in [6.07, 6.45) is 0. The zero-order valence-electron chi connectivity index (χ0n) is 14.0. The predicted molar refractivity (Wildman–Crippen MR) is 97.0 cm³/mol. The highest BCUT2D eigenvalue weighted by atomic mass is 35.5. The number of rotatable bonds is 3. The Morgan fingerprint density at radius 2 is 1.80 bits per heavy atom. The molecule has 25 heavy (non-hydrogen) atoms. The molecule has 2 aromatic carbocycles. The Hall–Kier alpha value is -1.89. The number of benzene rings is 2. The molecule has 1 saturated heterocycles. The molecule has 1 heterocycles. The van der Waals surface area contributed by atoms with E-state index in [2.05, 4.69) is 5.32 Å². The van der Waals surface area contributed by atoms with Gasteiger partial charge in [0, 0.05) is 18.1 Å². The number of sulfonamides is 1. The van der Waals surface area contributed by atoms with Gasteiger partial charge in [0.05, 0.1) is 4.90 Å². The van der Waals surface area contributed by atoms with Gasteiger partial charge in [0.25, 0.3) is 0 Å². The van der Waals surface area contributed by atoms with Crippen molar-refractivity contribution in [2.24, 2.45) is 0 Å². The molecule has 1 unspecified atom stereocenters. The van der Waals surface area contributed by atoms with Crippen molar-refractivity contribution in [2.75, 3.05) is 13.1 Å². The molecule has 0 aromatic heterocycles. The lowest BCUT2D eigenvalue weighted by molar-refractivity contribution is -0.126. The van der Waals surface area contributed by atoms with Crippen LogP contribution in [0.25, 0.3) is 0 Å². The summed E-state index contributed by atoms with van der Waals surface area (Å²) in [5, 5.41) is 3.28. The standard InChI is InChI=1S/C18H19ClN2O3S/c1-12-3-8-16(13(2)11-12)25(23,24)21-10-9-20-18(22)17(21)14-4-6-15(19)7-5-14/h3-8,11,17H,9-10H2,1-2H3,(H,20,22). The first kappa shape index (κ1) is 17.9. The lowest BCUT2D eigenvalue weighted by atomic mass is 10.1. The summed E-state index contributed by atoms with van der Waals surface area (Å²) in [5.41, 5.74) is 2.25. The van der Waals surface area contributed by atoms with Crippen LogP contribution in [0.1, 0.15) is 22.7 Å². The van der Waals surface area contributed by atoms with Gasteiger partial charge in [-0.15, -0.1) is 0 Å². The summed E-state index contributed by atoms with van der Waals surface area (Å²) in [4.78, 5) is 12.7. The van der Waals surface area contributed by atoms with Crippen LogP contribution in [-0.2, 0) is 14.8 Å². The topological polar surface area (TPSA) is 66.5 Å².